The fourth-order valence-corrected chi connectivity index (χ4v) is 0.250. The van der Waals surface area contributed by atoms with E-state index in [1.54, 1.807) is 0 Å². The van der Waals surface area contributed by atoms with Crippen molar-refractivity contribution in [1.29, 1.82) is 10.5 Å². The summed E-state index contributed by atoms with van der Waals surface area (Å²) >= 11 is 0. The normalized spacial score (nSPS) is 5.78. The van der Waals surface area contributed by atoms with Gasteiger partial charge in [-0.05, 0) is 13.1 Å². The smallest absolute Gasteiger partial charge is 0.181 e. The predicted octanol–water partition coefficient (Wildman–Crippen LogP) is 0.649. The maximum absolute atomic E-state index is 7.26. The molecule has 0 aliphatic heterocycles. The van der Waals surface area contributed by atoms with Gasteiger partial charge in [-0.25, -0.2) is 0 Å². The Labute approximate surface area is 55.9 Å². The lowest BCUT2D eigenvalue weighted by atomic mass is 10.7. The highest BCUT2D eigenvalue weighted by atomic mass is 14.8. The molecule has 0 aromatic rings. The minimum atomic E-state index is 1.09. The van der Waals surface area contributed by atoms with Crippen molar-refractivity contribution in [2.45, 2.75) is 13.8 Å². The molecule has 0 atom stereocenters. The van der Waals surface area contributed by atoms with E-state index in [1.165, 1.54) is 12.1 Å². The molecule has 0 saturated heterocycles. The minimum absolute atomic E-state index is 1.09. The van der Waals surface area contributed by atoms with Crippen LogP contribution in [0.1, 0.15) is 13.8 Å². The maximum Gasteiger partial charge on any atom is 0.181 e. The molecule has 0 bridgehead atoms. The molecule has 9 heavy (non-hydrogen) atoms. The van der Waals surface area contributed by atoms with Gasteiger partial charge >= 0.3 is 0 Å². The SMILES string of the molecule is CCNCC.N#CC#N. The molecule has 0 aliphatic rings. The van der Waals surface area contributed by atoms with Gasteiger partial charge in [0.05, 0.1) is 0 Å². The average Bonchev–Trinajstić information content (AvgIpc) is 1.91. The Morgan fingerprint density at radius 1 is 1.11 bits per heavy atom. The van der Waals surface area contributed by atoms with Crippen LogP contribution in [0, 0.1) is 22.7 Å². The summed E-state index contributed by atoms with van der Waals surface area (Å²) in [4.78, 5) is 0. The monoisotopic (exact) mass is 125 g/mol. The molecule has 0 rings (SSSR count). The lowest BCUT2D eigenvalue weighted by Gasteiger charge is -1.86. The van der Waals surface area contributed by atoms with Gasteiger partial charge in [-0.15, -0.1) is 0 Å². The summed E-state index contributed by atoms with van der Waals surface area (Å²) in [6, 6.07) is 2.47. The van der Waals surface area contributed by atoms with E-state index in [9.17, 15) is 0 Å². The van der Waals surface area contributed by atoms with Crippen molar-refractivity contribution in [2.24, 2.45) is 0 Å². The molecule has 0 radical (unpaired) electrons. The van der Waals surface area contributed by atoms with Gasteiger partial charge in [-0.3, -0.25) is 0 Å². The van der Waals surface area contributed by atoms with Crippen LogP contribution < -0.4 is 5.32 Å². The molecule has 0 saturated carbocycles. The van der Waals surface area contributed by atoms with E-state index in [1.807, 2.05) is 0 Å². The third-order valence-corrected chi connectivity index (χ3v) is 0.550. The Kier molecular flexibility index (Phi) is 19.0. The first kappa shape index (κ1) is 10.8. The Balaban J connectivity index is 0. The molecule has 1 N–H and O–H groups in total. The predicted molar refractivity (Wildman–Crippen MR) is 35.4 cm³/mol. The summed E-state index contributed by atoms with van der Waals surface area (Å²) in [6.45, 7) is 6.39. The zero-order valence-electron chi connectivity index (χ0n) is 5.81. The number of hydrogen-bond donors (Lipinski definition) is 1. The highest BCUT2D eigenvalue weighted by Gasteiger charge is 1.62. The van der Waals surface area contributed by atoms with Crippen molar-refractivity contribution in [3.8, 4) is 12.1 Å². The molecule has 0 spiro atoms. The summed E-state index contributed by atoms with van der Waals surface area (Å²) in [5, 5.41) is 17.6. The van der Waals surface area contributed by atoms with Crippen LogP contribution in [0.4, 0.5) is 0 Å². The molecular formula is C6H11N3. The molecule has 0 aliphatic carbocycles. The molecule has 0 aromatic carbocycles. The highest BCUT2D eigenvalue weighted by molar-refractivity contribution is 4.99. The van der Waals surface area contributed by atoms with Crippen LogP contribution in [0.5, 0.6) is 0 Å². The van der Waals surface area contributed by atoms with Crippen LogP contribution in [-0.4, -0.2) is 13.1 Å². The van der Waals surface area contributed by atoms with Gasteiger partial charge in [-0.1, -0.05) is 13.8 Å². The molecular weight excluding hydrogens is 114 g/mol. The van der Waals surface area contributed by atoms with Crippen LogP contribution in [0.15, 0.2) is 0 Å². The standard InChI is InChI=1S/C4H11N.C2N2/c1-3-5-4-2;3-1-2-4/h5H,3-4H2,1-2H3;. The van der Waals surface area contributed by atoms with E-state index in [-0.39, 0.29) is 0 Å². The second-order valence-electron chi connectivity index (χ2n) is 1.18. The van der Waals surface area contributed by atoms with Crippen LogP contribution in [0.2, 0.25) is 0 Å². The van der Waals surface area contributed by atoms with Gasteiger partial charge < -0.3 is 5.32 Å². The number of nitriles is 2. The molecule has 0 amide bonds. The molecule has 0 fully saturated rings. The Hall–Kier alpha value is -1.06. The van der Waals surface area contributed by atoms with E-state index < -0.39 is 0 Å². The van der Waals surface area contributed by atoms with Crippen LogP contribution in [-0.2, 0) is 0 Å². The van der Waals surface area contributed by atoms with E-state index in [2.05, 4.69) is 19.2 Å². The van der Waals surface area contributed by atoms with E-state index in [4.69, 9.17) is 10.5 Å². The van der Waals surface area contributed by atoms with Crippen molar-refractivity contribution >= 4 is 0 Å². The molecule has 0 aromatic heterocycles. The largest absolute Gasteiger partial charge is 0.317 e. The van der Waals surface area contributed by atoms with Gasteiger partial charge in [-0.2, -0.15) is 10.5 Å². The first-order valence-corrected chi connectivity index (χ1v) is 2.82. The third-order valence-electron chi connectivity index (χ3n) is 0.550. The number of hydrogen-bond acceptors (Lipinski definition) is 3. The molecule has 0 unspecified atom stereocenters. The van der Waals surface area contributed by atoms with Gasteiger partial charge in [0.1, 0.15) is 0 Å². The first-order chi connectivity index (χ1) is 4.33. The van der Waals surface area contributed by atoms with Crippen LogP contribution in [0.25, 0.3) is 0 Å². The van der Waals surface area contributed by atoms with Gasteiger partial charge in [0.2, 0.25) is 0 Å². The quantitative estimate of drug-likeness (QED) is 0.589. The lowest BCUT2D eigenvalue weighted by Crippen LogP contribution is -2.09. The number of nitrogens with one attached hydrogen (secondary N) is 1. The van der Waals surface area contributed by atoms with Crippen molar-refractivity contribution in [3.63, 3.8) is 0 Å². The minimum Gasteiger partial charge on any atom is -0.317 e. The summed E-state index contributed by atoms with van der Waals surface area (Å²) < 4.78 is 0. The summed E-state index contributed by atoms with van der Waals surface area (Å²) in [5.74, 6) is 0. The Bertz CT molecular complexity index is 92.5. The molecule has 3 nitrogen and oxygen atoms in total. The van der Waals surface area contributed by atoms with Gasteiger partial charge in [0.25, 0.3) is 0 Å². The molecule has 3 heteroatoms. The van der Waals surface area contributed by atoms with E-state index >= 15 is 0 Å². The van der Waals surface area contributed by atoms with E-state index in [0.29, 0.717) is 0 Å². The maximum atomic E-state index is 7.26. The zero-order valence-corrected chi connectivity index (χ0v) is 5.81. The van der Waals surface area contributed by atoms with Crippen molar-refractivity contribution < 1.29 is 0 Å². The van der Waals surface area contributed by atoms with E-state index in [0.717, 1.165) is 13.1 Å². The Morgan fingerprint density at radius 2 is 1.44 bits per heavy atom. The second-order valence-corrected chi connectivity index (χ2v) is 1.18. The zero-order chi connectivity index (χ0) is 7.54. The molecule has 50 valence electrons. The topological polar surface area (TPSA) is 59.6 Å². The van der Waals surface area contributed by atoms with Crippen LogP contribution in [0.3, 0.4) is 0 Å². The summed E-state index contributed by atoms with van der Waals surface area (Å²) in [7, 11) is 0. The van der Waals surface area contributed by atoms with Crippen molar-refractivity contribution in [2.75, 3.05) is 13.1 Å². The van der Waals surface area contributed by atoms with Gasteiger partial charge in [0, 0.05) is 0 Å². The summed E-state index contributed by atoms with van der Waals surface area (Å²) in [6.07, 6.45) is 0. The molecule has 0 heterocycles. The fourth-order valence-electron chi connectivity index (χ4n) is 0.250. The lowest BCUT2D eigenvalue weighted by molar-refractivity contribution is 0.762. The van der Waals surface area contributed by atoms with Gasteiger partial charge in [0.15, 0.2) is 12.1 Å². The Morgan fingerprint density at radius 3 is 1.44 bits per heavy atom. The number of rotatable bonds is 2. The average molecular weight is 125 g/mol. The second kappa shape index (κ2) is 15.8. The van der Waals surface area contributed by atoms with Crippen molar-refractivity contribution in [3.05, 3.63) is 0 Å². The van der Waals surface area contributed by atoms with Crippen LogP contribution >= 0.6 is 0 Å². The fraction of sp³-hybridized carbons (Fsp3) is 0.667. The highest BCUT2D eigenvalue weighted by Crippen LogP contribution is 1.47. The summed E-state index contributed by atoms with van der Waals surface area (Å²) in [5.41, 5.74) is 0. The first-order valence-electron chi connectivity index (χ1n) is 2.82. The number of nitrogens with zero attached hydrogens (tertiary/aromatic N) is 2. The van der Waals surface area contributed by atoms with Crippen molar-refractivity contribution in [1.82, 2.24) is 5.32 Å². The third kappa shape index (κ3) is 45.0.